The van der Waals surface area contributed by atoms with Crippen molar-refractivity contribution in [3.63, 3.8) is 0 Å². The summed E-state index contributed by atoms with van der Waals surface area (Å²) in [6, 6.07) is 52.6. The highest BCUT2D eigenvalue weighted by Gasteiger charge is 2.21. The third-order valence-corrected chi connectivity index (χ3v) is 7.51. The van der Waals surface area contributed by atoms with Crippen LogP contribution < -0.4 is 9.80 Å². The number of anilines is 6. The van der Waals surface area contributed by atoms with E-state index in [1.54, 1.807) is 0 Å². The predicted molar refractivity (Wildman–Crippen MR) is 171 cm³/mol. The molecule has 0 atom stereocenters. The average molecular weight is 582 g/mol. The van der Waals surface area contributed by atoms with E-state index in [0.717, 1.165) is 60.5 Å². The van der Waals surface area contributed by atoms with E-state index in [1.165, 1.54) is 0 Å². The molecule has 192 valence electrons. The summed E-state index contributed by atoms with van der Waals surface area (Å²) in [5, 5.41) is 2.19. The molecule has 0 saturated heterocycles. The summed E-state index contributed by atoms with van der Waals surface area (Å²) in [4.78, 5) is 4.60. The quantitative estimate of drug-likeness (QED) is 0.195. The Morgan fingerprint density at radius 2 is 0.925 bits per heavy atom. The van der Waals surface area contributed by atoms with Crippen molar-refractivity contribution in [3.8, 4) is 0 Å². The molecule has 0 amide bonds. The number of rotatable bonds is 6. The third-order valence-electron chi connectivity index (χ3n) is 7.05. The van der Waals surface area contributed by atoms with Gasteiger partial charge in [0.2, 0.25) is 0 Å². The van der Waals surface area contributed by atoms with Crippen LogP contribution in [0, 0.1) is 0 Å². The summed E-state index contributed by atoms with van der Waals surface area (Å²) in [6.07, 6.45) is 0. The van der Waals surface area contributed by atoms with Crippen molar-refractivity contribution < 1.29 is 4.42 Å². The van der Waals surface area contributed by atoms with Crippen molar-refractivity contribution in [1.82, 2.24) is 0 Å². The lowest BCUT2D eigenvalue weighted by molar-refractivity contribution is 0.669. The third kappa shape index (κ3) is 4.42. The van der Waals surface area contributed by atoms with Gasteiger partial charge in [0, 0.05) is 38.3 Å². The Labute approximate surface area is 241 Å². The highest BCUT2D eigenvalue weighted by atomic mass is 79.9. The van der Waals surface area contributed by atoms with Crippen LogP contribution in [0.4, 0.5) is 34.1 Å². The van der Waals surface area contributed by atoms with Crippen LogP contribution in [0.25, 0.3) is 21.9 Å². The molecule has 0 aliphatic carbocycles. The van der Waals surface area contributed by atoms with Gasteiger partial charge in [-0.2, -0.15) is 0 Å². The van der Waals surface area contributed by atoms with Crippen LogP contribution in [0.2, 0.25) is 0 Å². The van der Waals surface area contributed by atoms with E-state index < -0.39 is 0 Å². The molecule has 6 aromatic carbocycles. The number of nitrogens with zero attached hydrogens (tertiary/aromatic N) is 2. The van der Waals surface area contributed by atoms with Crippen molar-refractivity contribution >= 4 is 72.0 Å². The van der Waals surface area contributed by atoms with Gasteiger partial charge in [-0.1, -0.05) is 94.8 Å². The van der Waals surface area contributed by atoms with Crippen LogP contribution in [0.15, 0.2) is 161 Å². The van der Waals surface area contributed by atoms with Crippen molar-refractivity contribution in [1.29, 1.82) is 0 Å². The van der Waals surface area contributed by atoms with Crippen LogP contribution in [0.5, 0.6) is 0 Å². The molecule has 0 unspecified atom stereocenters. The van der Waals surface area contributed by atoms with Gasteiger partial charge in [0.1, 0.15) is 11.2 Å². The summed E-state index contributed by atoms with van der Waals surface area (Å²) in [7, 11) is 0. The Kier molecular flexibility index (Phi) is 6.31. The summed E-state index contributed by atoms with van der Waals surface area (Å²) < 4.78 is 7.26. The fourth-order valence-electron chi connectivity index (χ4n) is 5.37. The Morgan fingerprint density at radius 3 is 1.55 bits per heavy atom. The molecule has 3 nitrogen and oxygen atoms in total. The maximum atomic E-state index is 6.27. The molecule has 1 heterocycles. The zero-order valence-corrected chi connectivity index (χ0v) is 23.2. The first-order chi connectivity index (χ1) is 19.8. The minimum atomic E-state index is 0.866. The first-order valence-electron chi connectivity index (χ1n) is 13.2. The number of hydrogen-bond acceptors (Lipinski definition) is 3. The topological polar surface area (TPSA) is 19.6 Å². The number of para-hydroxylation sites is 4. The molecule has 0 aliphatic rings. The molecule has 0 spiro atoms. The minimum Gasteiger partial charge on any atom is -0.456 e. The van der Waals surface area contributed by atoms with Gasteiger partial charge in [-0.3, -0.25) is 0 Å². The van der Waals surface area contributed by atoms with Gasteiger partial charge < -0.3 is 14.2 Å². The first-order valence-corrected chi connectivity index (χ1v) is 14.0. The largest absolute Gasteiger partial charge is 0.456 e. The van der Waals surface area contributed by atoms with Crippen LogP contribution in [-0.4, -0.2) is 0 Å². The van der Waals surface area contributed by atoms with Gasteiger partial charge >= 0.3 is 0 Å². The zero-order chi connectivity index (χ0) is 26.9. The summed E-state index contributed by atoms with van der Waals surface area (Å²) in [5.41, 5.74) is 8.13. The second kappa shape index (κ2) is 10.4. The summed E-state index contributed by atoms with van der Waals surface area (Å²) in [6.45, 7) is 0. The lowest BCUT2D eigenvalue weighted by Gasteiger charge is -2.30. The average Bonchev–Trinajstić information content (AvgIpc) is 3.39. The molecular weight excluding hydrogens is 556 g/mol. The highest BCUT2D eigenvalue weighted by Crippen LogP contribution is 2.45. The summed E-state index contributed by atoms with van der Waals surface area (Å²) in [5.74, 6) is 0. The predicted octanol–water partition coefficient (Wildman–Crippen LogP) is 11.3. The van der Waals surface area contributed by atoms with E-state index >= 15 is 0 Å². The number of halogens is 1. The number of hydrogen-bond donors (Lipinski definition) is 0. The van der Waals surface area contributed by atoms with Crippen molar-refractivity contribution in [2.24, 2.45) is 0 Å². The molecule has 40 heavy (non-hydrogen) atoms. The molecule has 1 aromatic heterocycles. The van der Waals surface area contributed by atoms with Gasteiger partial charge in [0.25, 0.3) is 0 Å². The molecule has 0 fully saturated rings. The van der Waals surface area contributed by atoms with E-state index in [0.29, 0.717) is 0 Å². The number of furan rings is 1. The smallest absolute Gasteiger partial charge is 0.137 e. The molecule has 0 aliphatic heterocycles. The van der Waals surface area contributed by atoms with Gasteiger partial charge in [-0.05, 0) is 72.8 Å². The van der Waals surface area contributed by atoms with E-state index in [-0.39, 0.29) is 0 Å². The fourth-order valence-corrected chi connectivity index (χ4v) is 5.83. The molecule has 7 aromatic rings. The normalized spacial score (nSPS) is 11.1. The lowest BCUT2D eigenvalue weighted by Crippen LogP contribution is -2.13. The van der Waals surface area contributed by atoms with Crippen LogP contribution >= 0.6 is 15.9 Å². The van der Waals surface area contributed by atoms with Crippen molar-refractivity contribution in [3.05, 3.63) is 156 Å². The first kappa shape index (κ1) is 24.3. The SMILES string of the molecule is Brc1cc(N(c2ccccc2)c2ccccc2)cc(N(c2ccccc2)c2cccc3oc4ccccc4c23)c1. The Balaban J connectivity index is 1.48. The maximum Gasteiger partial charge on any atom is 0.137 e. The highest BCUT2D eigenvalue weighted by molar-refractivity contribution is 9.10. The lowest BCUT2D eigenvalue weighted by atomic mass is 10.1. The van der Waals surface area contributed by atoms with Gasteiger partial charge in [-0.25, -0.2) is 0 Å². The Hall–Kier alpha value is -4.80. The number of fused-ring (bicyclic) bond motifs is 3. The summed E-state index contributed by atoms with van der Waals surface area (Å²) >= 11 is 3.85. The van der Waals surface area contributed by atoms with Crippen molar-refractivity contribution in [2.45, 2.75) is 0 Å². The molecule has 0 bridgehead atoms. The van der Waals surface area contributed by atoms with Crippen LogP contribution in [0.1, 0.15) is 0 Å². The van der Waals surface area contributed by atoms with E-state index in [1.807, 2.05) is 36.4 Å². The second-order valence-corrected chi connectivity index (χ2v) is 10.5. The molecular formula is C36H25BrN2O. The number of benzene rings is 6. The Bertz CT molecular complexity index is 1880. The molecule has 7 rings (SSSR count). The minimum absolute atomic E-state index is 0.866. The van der Waals surface area contributed by atoms with Gasteiger partial charge in [-0.15, -0.1) is 0 Å². The van der Waals surface area contributed by atoms with Gasteiger partial charge in [0.05, 0.1) is 11.1 Å². The molecule has 0 saturated carbocycles. The fraction of sp³-hybridized carbons (Fsp3) is 0. The maximum absolute atomic E-state index is 6.27. The zero-order valence-electron chi connectivity index (χ0n) is 21.6. The standard InChI is InChI=1S/C36H25BrN2O/c37-26-23-30(38(27-13-4-1-5-14-27)28-15-6-2-7-16-28)25-31(24-26)39(29-17-8-3-9-18-29)33-20-12-22-35-36(33)32-19-10-11-21-34(32)40-35/h1-25H. The van der Waals surface area contributed by atoms with Crippen LogP contribution in [0.3, 0.4) is 0 Å². The van der Waals surface area contributed by atoms with E-state index in [4.69, 9.17) is 4.42 Å². The second-order valence-electron chi connectivity index (χ2n) is 9.59. The van der Waals surface area contributed by atoms with Crippen LogP contribution in [-0.2, 0) is 0 Å². The molecule has 0 N–H and O–H groups in total. The monoisotopic (exact) mass is 580 g/mol. The van der Waals surface area contributed by atoms with Crippen molar-refractivity contribution in [2.75, 3.05) is 9.80 Å². The van der Waals surface area contributed by atoms with E-state index in [9.17, 15) is 0 Å². The molecule has 0 radical (unpaired) electrons. The van der Waals surface area contributed by atoms with Gasteiger partial charge in [0.15, 0.2) is 0 Å². The van der Waals surface area contributed by atoms with E-state index in [2.05, 4.69) is 141 Å². The Morgan fingerprint density at radius 1 is 0.425 bits per heavy atom. The molecule has 4 heteroatoms.